The fourth-order valence-corrected chi connectivity index (χ4v) is 9.21. The molecule has 0 spiro atoms. The first-order valence-corrected chi connectivity index (χ1v) is 19.9. The Hall–Kier alpha value is -5.78. The van der Waals surface area contributed by atoms with Crippen LogP contribution in [0.5, 0.6) is 0 Å². The Kier molecular flexibility index (Phi) is 10.7. The number of H-pyrrole nitrogens is 2. The number of pyridine rings is 1. The minimum Gasteiger partial charge on any atom is -0.453 e. The highest BCUT2D eigenvalue weighted by Gasteiger charge is 2.48. The lowest BCUT2D eigenvalue weighted by Crippen LogP contribution is -2.51. The van der Waals surface area contributed by atoms with Gasteiger partial charge in [0.2, 0.25) is 11.8 Å². The Morgan fingerprint density at radius 3 is 2.02 bits per heavy atom. The summed E-state index contributed by atoms with van der Waals surface area (Å²) in [5.74, 6) is 2.38. The summed E-state index contributed by atoms with van der Waals surface area (Å²) >= 11 is 0. The van der Waals surface area contributed by atoms with Crippen LogP contribution in [0.4, 0.5) is 4.79 Å². The van der Waals surface area contributed by atoms with E-state index in [4.69, 9.17) is 14.7 Å². The summed E-state index contributed by atoms with van der Waals surface area (Å²) in [5, 5.41) is 5.91. The van der Waals surface area contributed by atoms with E-state index in [1.165, 1.54) is 7.11 Å². The summed E-state index contributed by atoms with van der Waals surface area (Å²) < 4.78 is 4.76. The number of carbonyl (C=O) groups excluding carboxylic acids is 3. The highest BCUT2D eigenvalue weighted by Crippen LogP contribution is 2.53. The van der Waals surface area contributed by atoms with E-state index in [2.05, 4.69) is 74.1 Å². The van der Waals surface area contributed by atoms with Gasteiger partial charge in [-0.25, -0.2) is 14.8 Å². The van der Waals surface area contributed by atoms with Gasteiger partial charge in [0.15, 0.2) is 0 Å². The minimum absolute atomic E-state index is 0.0843. The van der Waals surface area contributed by atoms with Crippen LogP contribution in [0.2, 0.25) is 0 Å². The Morgan fingerprint density at radius 1 is 0.804 bits per heavy atom. The molecule has 3 saturated carbocycles. The van der Waals surface area contributed by atoms with Crippen LogP contribution in [0, 0.1) is 23.7 Å². The van der Waals surface area contributed by atoms with Gasteiger partial charge < -0.3 is 30.2 Å². The molecule has 0 radical (unpaired) electrons. The maximum absolute atomic E-state index is 13.7. The van der Waals surface area contributed by atoms with Crippen LogP contribution in [0.1, 0.15) is 81.5 Å². The third-order valence-electron chi connectivity index (χ3n) is 12.2. The van der Waals surface area contributed by atoms with E-state index in [1.54, 1.807) is 12.4 Å². The van der Waals surface area contributed by atoms with Gasteiger partial charge in [-0.3, -0.25) is 14.6 Å². The maximum Gasteiger partial charge on any atom is 0.407 e. The zero-order valence-corrected chi connectivity index (χ0v) is 32.2. The van der Waals surface area contributed by atoms with Crippen LogP contribution in [-0.2, 0) is 20.9 Å². The fourth-order valence-electron chi connectivity index (χ4n) is 9.21. The lowest BCUT2D eigenvalue weighted by molar-refractivity contribution is -0.135. The van der Waals surface area contributed by atoms with E-state index in [-0.39, 0.29) is 35.6 Å². The Morgan fingerprint density at radius 2 is 1.41 bits per heavy atom. The second kappa shape index (κ2) is 16.1. The van der Waals surface area contributed by atoms with E-state index < -0.39 is 12.1 Å². The van der Waals surface area contributed by atoms with Gasteiger partial charge in [0.25, 0.3) is 0 Å². The molecule has 4 heterocycles. The van der Waals surface area contributed by atoms with E-state index in [9.17, 15) is 14.4 Å². The number of methoxy groups -OCH3 is 1. The molecule has 1 unspecified atom stereocenters. The molecule has 3 aliphatic carbocycles. The molecule has 12 nitrogen and oxygen atoms in total. The van der Waals surface area contributed by atoms with Crippen LogP contribution in [-0.4, -0.2) is 67.4 Å². The van der Waals surface area contributed by atoms with Crippen LogP contribution >= 0.6 is 0 Å². The topological polar surface area (TPSA) is 158 Å². The first-order chi connectivity index (χ1) is 27.3. The van der Waals surface area contributed by atoms with Crippen LogP contribution < -0.4 is 10.6 Å². The highest BCUT2D eigenvalue weighted by molar-refractivity contribution is 5.86. The highest BCUT2D eigenvalue weighted by atomic mass is 16.5. The SMILES string of the molecule is COC(=O)NC(C(=O)N1CCC[C@H]1c1ncc(-c2ccc(-c3ccc(-c4cnc([C@@H]5C6CCC(CC6)[C@H]5C(=O)NCc5cccnc5)[nH]4)cc3)cc2)[nH]1)C(C)C. The average molecular weight is 755 g/mol. The molecule has 3 aromatic heterocycles. The number of hydrogen-bond donors (Lipinski definition) is 4. The summed E-state index contributed by atoms with van der Waals surface area (Å²) in [7, 11) is 1.30. The van der Waals surface area contributed by atoms with Gasteiger partial charge in [-0.1, -0.05) is 68.4 Å². The lowest BCUT2D eigenvalue weighted by atomic mass is 9.58. The smallest absolute Gasteiger partial charge is 0.407 e. The van der Waals surface area contributed by atoms with Gasteiger partial charge >= 0.3 is 6.09 Å². The van der Waals surface area contributed by atoms with Gasteiger partial charge in [-0.2, -0.15) is 0 Å². The van der Waals surface area contributed by atoms with Crippen molar-refractivity contribution in [2.45, 2.75) is 76.9 Å². The zero-order valence-electron chi connectivity index (χ0n) is 32.2. The van der Waals surface area contributed by atoms with Gasteiger partial charge in [-0.15, -0.1) is 0 Å². The molecule has 9 rings (SSSR count). The number of hydrogen-bond acceptors (Lipinski definition) is 7. The number of nitrogens with one attached hydrogen (secondary N) is 4. The molecule has 2 aromatic carbocycles. The van der Waals surface area contributed by atoms with Gasteiger partial charge in [0, 0.05) is 31.4 Å². The molecular weight excluding hydrogens is 705 g/mol. The second-order valence-electron chi connectivity index (χ2n) is 15.9. The number of fused-ring (bicyclic) bond motifs is 3. The van der Waals surface area contributed by atoms with Crippen molar-refractivity contribution in [2.24, 2.45) is 23.7 Å². The molecule has 12 heteroatoms. The molecule has 5 aromatic rings. The molecule has 3 amide bonds. The van der Waals surface area contributed by atoms with Crippen LogP contribution in [0.3, 0.4) is 0 Å². The molecule has 4 fully saturated rings. The van der Waals surface area contributed by atoms with Crippen molar-refractivity contribution in [3.63, 3.8) is 0 Å². The van der Waals surface area contributed by atoms with Crippen molar-refractivity contribution in [1.29, 1.82) is 0 Å². The number of ether oxygens (including phenoxy) is 1. The summed E-state index contributed by atoms with van der Waals surface area (Å²) in [6, 6.07) is 19.9. The average Bonchev–Trinajstić information content (AvgIpc) is 4.04. The van der Waals surface area contributed by atoms with E-state index in [0.717, 1.165) is 89.4 Å². The number of imidazole rings is 2. The predicted octanol–water partition coefficient (Wildman–Crippen LogP) is 7.41. The Bertz CT molecular complexity index is 2140. The Balaban J connectivity index is 0.926. The molecular formula is C44H50N8O4. The molecule has 56 heavy (non-hydrogen) atoms. The van der Waals surface area contributed by atoms with E-state index in [1.807, 2.05) is 43.3 Å². The van der Waals surface area contributed by atoms with Crippen molar-refractivity contribution in [1.82, 2.24) is 40.5 Å². The summed E-state index contributed by atoms with van der Waals surface area (Å²) in [6.45, 7) is 4.91. The van der Waals surface area contributed by atoms with Gasteiger partial charge in [-0.05, 0) is 90.2 Å². The molecule has 1 saturated heterocycles. The summed E-state index contributed by atoms with van der Waals surface area (Å²) in [4.78, 5) is 61.8. The van der Waals surface area contributed by atoms with Crippen molar-refractivity contribution in [3.05, 3.63) is 103 Å². The van der Waals surface area contributed by atoms with Crippen molar-refractivity contribution in [3.8, 4) is 33.6 Å². The number of rotatable bonds is 11. The van der Waals surface area contributed by atoms with Gasteiger partial charge in [0.1, 0.15) is 17.7 Å². The normalized spacial score (nSPS) is 22.2. The number of carbonyl (C=O) groups is 3. The largest absolute Gasteiger partial charge is 0.453 e. The van der Waals surface area contributed by atoms with Crippen LogP contribution in [0.25, 0.3) is 33.6 Å². The lowest BCUT2D eigenvalue weighted by Gasteiger charge is -2.47. The standard InChI is InChI=1S/C44H50N8O4/c1-26(2)39(51-44(55)56-3)43(54)52-21-5-7-36(52)40-46-24-34(49-40)30-12-8-28(9-13-30)29-10-14-31(15-11-29)35-25-47-41(50-35)37-32-16-18-33(19-17-32)38(37)42(53)48-23-27-6-4-20-45-22-27/h4,6,8-15,20,22,24-26,32-33,36-39H,5,7,16-19,21,23H2,1-3H3,(H,46,49)(H,47,50)(H,48,53)(H,51,55)/t32?,33?,36-,37+,38+,39?/m0/s1. The fraction of sp³-hybridized carbons (Fsp3) is 0.409. The minimum atomic E-state index is -0.677. The number of likely N-dealkylation sites (tertiary alicyclic amines) is 1. The third kappa shape index (κ3) is 7.56. The number of nitrogens with zero attached hydrogens (tertiary/aromatic N) is 4. The van der Waals surface area contributed by atoms with Crippen molar-refractivity contribution >= 4 is 17.9 Å². The van der Waals surface area contributed by atoms with Gasteiger partial charge in [0.05, 0.1) is 42.9 Å². The first-order valence-electron chi connectivity index (χ1n) is 19.9. The quantitative estimate of drug-likeness (QED) is 0.109. The van der Waals surface area contributed by atoms with Crippen LogP contribution in [0.15, 0.2) is 85.5 Å². The molecule has 4 N–H and O–H groups in total. The van der Waals surface area contributed by atoms with E-state index in [0.29, 0.717) is 24.9 Å². The number of alkyl carbamates (subject to hydrolysis) is 1. The van der Waals surface area contributed by atoms with Crippen molar-refractivity contribution in [2.75, 3.05) is 13.7 Å². The Labute approximate surface area is 327 Å². The maximum atomic E-state index is 13.7. The monoisotopic (exact) mass is 754 g/mol. The number of aromatic amines is 2. The van der Waals surface area contributed by atoms with Crippen molar-refractivity contribution < 1.29 is 19.1 Å². The summed E-state index contributed by atoms with van der Waals surface area (Å²) in [6.07, 6.45) is 12.8. The molecule has 2 bridgehead atoms. The van der Waals surface area contributed by atoms with E-state index >= 15 is 0 Å². The molecule has 4 aliphatic rings. The first kappa shape index (κ1) is 37.2. The molecule has 4 atom stereocenters. The number of amides is 3. The molecule has 290 valence electrons. The molecule has 1 aliphatic heterocycles. The zero-order chi connectivity index (χ0) is 38.8. The summed E-state index contributed by atoms with van der Waals surface area (Å²) in [5.41, 5.74) is 7.07. The second-order valence-corrected chi connectivity index (χ2v) is 15.9. The predicted molar refractivity (Wildman–Crippen MR) is 213 cm³/mol. The number of benzene rings is 2. The third-order valence-corrected chi connectivity index (χ3v) is 12.2. The number of aromatic nitrogens is 5.